The fraction of sp³-hybridized carbons (Fsp3) is 0.261. The molecule has 2 aromatic carbocycles. The Morgan fingerprint density at radius 1 is 0.967 bits per heavy atom. The normalized spacial score (nSPS) is 12.4. The number of amides is 1. The summed E-state index contributed by atoms with van der Waals surface area (Å²) in [5, 5.41) is 4.87. The van der Waals surface area contributed by atoms with Crippen molar-refractivity contribution in [2.24, 2.45) is 0 Å². The summed E-state index contributed by atoms with van der Waals surface area (Å²) in [4.78, 5) is 13.6. The summed E-state index contributed by atoms with van der Waals surface area (Å²) < 4.78 is 27.4. The van der Waals surface area contributed by atoms with Gasteiger partial charge >= 0.3 is 0 Å². The second-order valence-electron chi connectivity index (χ2n) is 7.11. The van der Waals surface area contributed by atoms with E-state index in [1.807, 2.05) is 35.7 Å². The molecule has 1 aromatic heterocycles. The van der Waals surface area contributed by atoms with Crippen molar-refractivity contribution in [1.82, 2.24) is 10.0 Å². The number of hydrogen-bond donors (Lipinski definition) is 2. The summed E-state index contributed by atoms with van der Waals surface area (Å²) >= 11 is 1.60. The van der Waals surface area contributed by atoms with Crippen molar-refractivity contribution >= 4 is 27.3 Å². The molecular formula is C23H26N2O3S2. The van der Waals surface area contributed by atoms with E-state index in [1.54, 1.807) is 23.5 Å². The highest BCUT2D eigenvalue weighted by molar-refractivity contribution is 7.89. The van der Waals surface area contributed by atoms with Crippen LogP contribution >= 0.6 is 11.3 Å². The first-order valence-corrected chi connectivity index (χ1v) is 12.3. The van der Waals surface area contributed by atoms with Crippen molar-refractivity contribution in [3.63, 3.8) is 0 Å². The Balaban J connectivity index is 1.48. The van der Waals surface area contributed by atoms with Crippen LogP contribution in [0.25, 0.3) is 0 Å². The zero-order chi connectivity index (χ0) is 21.4. The Morgan fingerprint density at radius 2 is 1.70 bits per heavy atom. The molecule has 0 saturated carbocycles. The monoisotopic (exact) mass is 442 g/mol. The van der Waals surface area contributed by atoms with Gasteiger partial charge in [-0.1, -0.05) is 43.3 Å². The Bertz CT molecular complexity index is 1030. The van der Waals surface area contributed by atoms with E-state index in [-0.39, 0.29) is 10.8 Å². The van der Waals surface area contributed by atoms with E-state index in [9.17, 15) is 13.2 Å². The molecule has 0 aliphatic heterocycles. The standard InChI is InChI=1S/C23H26N2O3S2/c1-18(19-6-3-2-4-7-19)13-15-24-23(26)20-9-11-22(12-10-20)30(27,28)25-16-14-21-8-5-17-29-21/h2-12,17-18,25H,13-16H2,1H3,(H,24,26). The molecule has 0 spiro atoms. The minimum atomic E-state index is -3.59. The van der Waals surface area contributed by atoms with Gasteiger partial charge in [0.15, 0.2) is 0 Å². The maximum absolute atomic E-state index is 12.4. The Kier molecular flexibility index (Phi) is 7.79. The summed E-state index contributed by atoms with van der Waals surface area (Å²) in [5.74, 6) is 0.143. The first-order chi connectivity index (χ1) is 14.5. The number of sulfonamides is 1. The van der Waals surface area contributed by atoms with Crippen LogP contribution in [0.1, 0.15) is 40.1 Å². The number of hydrogen-bond acceptors (Lipinski definition) is 4. The summed E-state index contributed by atoms with van der Waals surface area (Å²) in [6.45, 7) is 3.02. The van der Waals surface area contributed by atoms with Crippen molar-refractivity contribution in [3.05, 3.63) is 88.1 Å². The van der Waals surface area contributed by atoms with Crippen LogP contribution in [0.3, 0.4) is 0 Å². The van der Waals surface area contributed by atoms with Gasteiger partial charge in [-0.15, -0.1) is 11.3 Å². The van der Waals surface area contributed by atoms with Gasteiger partial charge in [-0.25, -0.2) is 13.1 Å². The van der Waals surface area contributed by atoms with E-state index in [2.05, 4.69) is 29.1 Å². The van der Waals surface area contributed by atoms with Gasteiger partial charge in [-0.05, 0) is 60.0 Å². The number of carbonyl (C=O) groups is 1. The van der Waals surface area contributed by atoms with E-state index >= 15 is 0 Å². The van der Waals surface area contributed by atoms with Crippen molar-refractivity contribution < 1.29 is 13.2 Å². The molecule has 1 unspecified atom stereocenters. The predicted octanol–water partition coefficient (Wildman–Crippen LogP) is 4.19. The maximum Gasteiger partial charge on any atom is 0.251 e. The van der Waals surface area contributed by atoms with Gasteiger partial charge in [-0.3, -0.25) is 4.79 Å². The van der Waals surface area contributed by atoms with E-state index < -0.39 is 10.0 Å². The second kappa shape index (κ2) is 10.5. The van der Waals surface area contributed by atoms with Crippen LogP contribution in [0.2, 0.25) is 0 Å². The van der Waals surface area contributed by atoms with Gasteiger partial charge in [0.1, 0.15) is 0 Å². The van der Waals surface area contributed by atoms with Crippen LogP contribution in [0, 0.1) is 0 Å². The fourth-order valence-corrected chi connectivity index (χ4v) is 4.83. The van der Waals surface area contributed by atoms with Crippen LogP contribution in [0.4, 0.5) is 0 Å². The van der Waals surface area contributed by atoms with Gasteiger partial charge in [0.25, 0.3) is 5.91 Å². The molecule has 0 aliphatic rings. The van der Waals surface area contributed by atoms with E-state index in [1.165, 1.54) is 17.7 Å². The first-order valence-electron chi connectivity index (χ1n) is 9.91. The molecule has 7 heteroatoms. The molecule has 158 valence electrons. The Labute approximate surface area is 182 Å². The molecule has 1 amide bonds. The van der Waals surface area contributed by atoms with E-state index in [0.29, 0.717) is 31.0 Å². The first kappa shape index (κ1) is 22.2. The van der Waals surface area contributed by atoms with Gasteiger partial charge in [0.2, 0.25) is 10.0 Å². The van der Waals surface area contributed by atoms with Crippen molar-refractivity contribution in [3.8, 4) is 0 Å². The lowest BCUT2D eigenvalue weighted by atomic mass is 9.98. The molecule has 5 nitrogen and oxygen atoms in total. The number of rotatable bonds is 10. The average molecular weight is 443 g/mol. The van der Waals surface area contributed by atoms with Gasteiger partial charge in [0, 0.05) is 23.5 Å². The van der Waals surface area contributed by atoms with Gasteiger partial charge in [-0.2, -0.15) is 0 Å². The lowest BCUT2D eigenvalue weighted by Gasteiger charge is -2.12. The summed E-state index contributed by atoms with van der Waals surface area (Å²) in [6, 6.07) is 20.1. The molecule has 3 rings (SSSR count). The Hall–Kier alpha value is -2.48. The minimum absolute atomic E-state index is 0.155. The molecule has 0 fully saturated rings. The molecular weight excluding hydrogens is 416 g/mol. The number of thiophene rings is 1. The third-order valence-electron chi connectivity index (χ3n) is 4.90. The van der Waals surface area contributed by atoms with Crippen LogP contribution in [-0.4, -0.2) is 27.4 Å². The molecule has 1 heterocycles. The van der Waals surface area contributed by atoms with Crippen molar-refractivity contribution in [2.45, 2.75) is 30.6 Å². The smallest absolute Gasteiger partial charge is 0.251 e. The zero-order valence-electron chi connectivity index (χ0n) is 16.9. The molecule has 0 bridgehead atoms. The largest absolute Gasteiger partial charge is 0.352 e. The molecule has 0 aliphatic carbocycles. The molecule has 3 aromatic rings. The Morgan fingerprint density at radius 3 is 2.37 bits per heavy atom. The highest BCUT2D eigenvalue weighted by Gasteiger charge is 2.15. The SMILES string of the molecule is CC(CCNC(=O)c1ccc(S(=O)(=O)NCCc2cccs2)cc1)c1ccccc1. The van der Waals surface area contributed by atoms with Crippen LogP contribution in [0.5, 0.6) is 0 Å². The van der Waals surface area contributed by atoms with Gasteiger partial charge in [0.05, 0.1) is 4.90 Å². The zero-order valence-corrected chi connectivity index (χ0v) is 18.5. The molecule has 0 saturated heterocycles. The summed E-state index contributed by atoms with van der Waals surface area (Å²) in [7, 11) is -3.59. The highest BCUT2D eigenvalue weighted by atomic mass is 32.2. The molecule has 2 N–H and O–H groups in total. The maximum atomic E-state index is 12.4. The summed E-state index contributed by atoms with van der Waals surface area (Å²) in [5.41, 5.74) is 1.69. The van der Waals surface area contributed by atoms with E-state index in [4.69, 9.17) is 0 Å². The van der Waals surface area contributed by atoms with Crippen molar-refractivity contribution in [2.75, 3.05) is 13.1 Å². The number of carbonyl (C=O) groups excluding carboxylic acids is 1. The predicted molar refractivity (Wildman–Crippen MR) is 121 cm³/mol. The van der Waals surface area contributed by atoms with Crippen LogP contribution in [-0.2, 0) is 16.4 Å². The van der Waals surface area contributed by atoms with Crippen LogP contribution < -0.4 is 10.0 Å². The highest BCUT2D eigenvalue weighted by Crippen LogP contribution is 2.18. The quantitative estimate of drug-likeness (QED) is 0.494. The van der Waals surface area contributed by atoms with Crippen molar-refractivity contribution in [1.29, 1.82) is 0 Å². The average Bonchev–Trinajstić information content (AvgIpc) is 3.27. The second-order valence-corrected chi connectivity index (χ2v) is 9.91. The number of nitrogens with one attached hydrogen (secondary N) is 2. The molecule has 1 atom stereocenters. The summed E-state index contributed by atoms with van der Waals surface area (Å²) in [6.07, 6.45) is 1.48. The molecule has 30 heavy (non-hydrogen) atoms. The minimum Gasteiger partial charge on any atom is -0.352 e. The lowest BCUT2D eigenvalue weighted by molar-refractivity contribution is 0.0952. The van der Waals surface area contributed by atoms with Crippen LogP contribution in [0.15, 0.2) is 77.0 Å². The molecule has 0 radical (unpaired) electrons. The fourth-order valence-electron chi connectivity index (χ4n) is 3.08. The van der Waals surface area contributed by atoms with Gasteiger partial charge < -0.3 is 5.32 Å². The third-order valence-corrected chi connectivity index (χ3v) is 7.32. The topological polar surface area (TPSA) is 75.3 Å². The third kappa shape index (κ3) is 6.26. The lowest BCUT2D eigenvalue weighted by Crippen LogP contribution is -2.27. The number of benzene rings is 2. The van der Waals surface area contributed by atoms with E-state index in [0.717, 1.165) is 11.3 Å².